The molecule has 0 atom stereocenters. The number of carbonyl (C=O) groups excluding carboxylic acids is 1. The Morgan fingerprint density at radius 3 is 2.54 bits per heavy atom. The quantitative estimate of drug-likeness (QED) is 0.449. The number of hydrogen-bond acceptors (Lipinski definition) is 8. The number of amides is 1. The first-order valence-corrected chi connectivity index (χ1v) is 10.0. The summed E-state index contributed by atoms with van der Waals surface area (Å²) in [6, 6.07) is 2.04. The van der Waals surface area contributed by atoms with Crippen molar-refractivity contribution in [3.05, 3.63) is 51.6 Å². The molecule has 3 aromatic rings. The first kappa shape index (κ1) is 25.6. The number of nitrogens with one attached hydrogen (secondary N) is 1. The van der Waals surface area contributed by atoms with Crippen LogP contribution in [-0.2, 0) is 13.2 Å². The van der Waals surface area contributed by atoms with E-state index in [-0.39, 0.29) is 23.9 Å². The van der Waals surface area contributed by atoms with Crippen LogP contribution in [0.15, 0.2) is 23.1 Å². The van der Waals surface area contributed by atoms with Gasteiger partial charge < -0.3 is 19.9 Å². The molecule has 0 spiro atoms. The molecule has 3 rings (SSSR count). The normalized spacial score (nSPS) is 11.4. The van der Waals surface area contributed by atoms with Crippen LogP contribution < -0.4 is 20.5 Å². The fourth-order valence-electron chi connectivity index (χ4n) is 3.04. The third-order valence-corrected chi connectivity index (χ3v) is 4.57. The molecule has 0 aliphatic heterocycles. The molecule has 2 N–H and O–H groups in total. The van der Waals surface area contributed by atoms with Crippen LogP contribution in [0.1, 0.15) is 28.7 Å². The van der Waals surface area contributed by atoms with Crippen molar-refractivity contribution in [2.24, 2.45) is 0 Å². The van der Waals surface area contributed by atoms with Crippen LogP contribution in [0.2, 0.25) is 0 Å². The number of aliphatic hydroxyl groups is 1. The van der Waals surface area contributed by atoms with Gasteiger partial charge in [-0.2, -0.15) is 22.8 Å². The van der Waals surface area contributed by atoms with E-state index in [1.807, 2.05) is 0 Å². The summed E-state index contributed by atoms with van der Waals surface area (Å²) in [5, 5.41) is 15.5. The predicted molar refractivity (Wildman–Crippen MR) is 112 cm³/mol. The molecular formula is C20H20F4N6O5. The second-order valence-electron chi connectivity index (χ2n) is 7.09. The lowest BCUT2D eigenvalue weighted by atomic mass is 10.2. The lowest BCUT2D eigenvalue weighted by Gasteiger charge is -2.15. The molecule has 0 saturated carbocycles. The van der Waals surface area contributed by atoms with Crippen LogP contribution in [0, 0.1) is 12.7 Å². The molecule has 0 unspecified atom stereocenters. The third-order valence-electron chi connectivity index (χ3n) is 4.57. The van der Waals surface area contributed by atoms with Crippen molar-refractivity contribution in [2.75, 3.05) is 19.0 Å². The molecule has 0 aliphatic rings. The molecule has 0 fully saturated rings. The summed E-state index contributed by atoms with van der Waals surface area (Å²) in [4.78, 5) is 33.0. The van der Waals surface area contributed by atoms with E-state index in [0.29, 0.717) is 16.3 Å². The Morgan fingerprint density at radius 2 is 1.97 bits per heavy atom. The smallest absolute Gasteiger partial charge is 0.422 e. The van der Waals surface area contributed by atoms with Crippen LogP contribution in [-0.4, -0.2) is 55.2 Å². The highest BCUT2D eigenvalue weighted by Crippen LogP contribution is 2.27. The topological polar surface area (TPSA) is 133 Å². The first-order valence-electron chi connectivity index (χ1n) is 10.0. The Bertz CT molecular complexity index is 1300. The van der Waals surface area contributed by atoms with Gasteiger partial charge >= 0.3 is 11.9 Å². The number of aryl methyl sites for hydroxylation is 1. The maximum absolute atomic E-state index is 15.0. The number of halogens is 4. The van der Waals surface area contributed by atoms with Crippen LogP contribution in [0.25, 0.3) is 5.82 Å². The molecule has 15 heteroatoms. The van der Waals surface area contributed by atoms with E-state index in [4.69, 9.17) is 4.74 Å². The maximum atomic E-state index is 15.0. The lowest BCUT2D eigenvalue weighted by molar-refractivity contribution is -0.154. The first-order chi connectivity index (χ1) is 16.5. The molecule has 3 aromatic heterocycles. The fraction of sp³-hybridized carbons (Fsp3) is 0.350. The van der Waals surface area contributed by atoms with Crippen molar-refractivity contribution in [3.63, 3.8) is 0 Å². The van der Waals surface area contributed by atoms with E-state index in [1.165, 1.54) is 19.4 Å². The zero-order valence-corrected chi connectivity index (χ0v) is 18.7. The van der Waals surface area contributed by atoms with Gasteiger partial charge in [-0.05, 0) is 31.5 Å². The van der Waals surface area contributed by atoms with Gasteiger partial charge in [-0.1, -0.05) is 0 Å². The molecule has 0 aromatic carbocycles. The van der Waals surface area contributed by atoms with Crippen LogP contribution in [0.3, 0.4) is 0 Å². The van der Waals surface area contributed by atoms with Crippen LogP contribution >= 0.6 is 0 Å². The summed E-state index contributed by atoms with van der Waals surface area (Å²) in [6.45, 7) is 0.795. The molecule has 35 heavy (non-hydrogen) atoms. The standard InChI is InChI=1S/C20H20F4N6O5/c1-4-29-14(8-31)28-30(19(29)33)15-12(21)6-11(17(27-15)35-9-20(22,23)24)16(32)26-13-5-10(2)7-25-18(13)34-3/h5-7,31H,4,8-9H2,1-3H3,(H,26,32). The number of aliphatic hydroxyl groups excluding tert-OH is 1. The summed E-state index contributed by atoms with van der Waals surface area (Å²) in [7, 11) is 1.29. The Kier molecular flexibility index (Phi) is 7.38. The lowest BCUT2D eigenvalue weighted by Crippen LogP contribution is -2.27. The molecule has 3 heterocycles. The van der Waals surface area contributed by atoms with Gasteiger partial charge in [0.2, 0.25) is 11.8 Å². The van der Waals surface area contributed by atoms with Crippen molar-refractivity contribution in [1.82, 2.24) is 24.3 Å². The van der Waals surface area contributed by atoms with E-state index in [2.05, 4.69) is 25.1 Å². The second-order valence-corrected chi connectivity index (χ2v) is 7.09. The fourth-order valence-corrected chi connectivity index (χ4v) is 3.04. The number of ether oxygens (including phenoxy) is 2. The van der Waals surface area contributed by atoms with Crippen molar-refractivity contribution in [2.45, 2.75) is 33.2 Å². The van der Waals surface area contributed by atoms with Crippen molar-refractivity contribution in [1.29, 1.82) is 0 Å². The average Bonchev–Trinajstić information content (AvgIpc) is 3.12. The summed E-state index contributed by atoms with van der Waals surface area (Å²) >= 11 is 0. The third kappa shape index (κ3) is 5.56. The minimum absolute atomic E-state index is 0.0000447. The number of hydrogen-bond donors (Lipinski definition) is 2. The molecule has 1 amide bonds. The minimum Gasteiger partial charge on any atom is -0.480 e. The maximum Gasteiger partial charge on any atom is 0.422 e. The van der Waals surface area contributed by atoms with E-state index in [1.54, 1.807) is 13.8 Å². The molecule has 0 saturated heterocycles. The number of methoxy groups -OCH3 is 1. The Labute approximate surface area is 194 Å². The molecule has 188 valence electrons. The average molecular weight is 500 g/mol. The molecule has 0 aliphatic carbocycles. The Hall–Kier alpha value is -4.01. The highest BCUT2D eigenvalue weighted by atomic mass is 19.4. The van der Waals surface area contributed by atoms with Gasteiger partial charge in [-0.3, -0.25) is 9.36 Å². The monoisotopic (exact) mass is 500 g/mol. The zero-order chi connectivity index (χ0) is 25.9. The van der Waals surface area contributed by atoms with Crippen LogP contribution in [0.4, 0.5) is 23.2 Å². The number of rotatable bonds is 8. The van der Waals surface area contributed by atoms with Gasteiger partial charge in [-0.25, -0.2) is 14.2 Å². The van der Waals surface area contributed by atoms with Gasteiger partial charge in [-0.15, -0.1) is 5.10 Å². The predicted octanol–water partition coefficient (Wildman–Crippen LogP) is 1.99. The highest BCUT2D eigenvalue weighted by Gasteiger charge is 2.31. The molecular weight excluding hydrogens is 480 g/mol. The van der Waals surface area contributed by atoms with Gasteiger partial charge in [0.25, 0.3) is 5.91 Å². The number of pyridine rings is 2. The van der Waals surface area contributed by atoms with Crippen molar-refractivity contribution < 1.29 is 36.9 Å². The number of aromatic nitrogens is 5. The van der Waals surface area contributed by atoms with Gasteiger partial charge in [0.05, 0.1) is 7.11 Å². The van der Waals surface area contributed by atoms with Gasteiger partial charge in [0.15, 0.2) is 24.1 Å². The number of nitrogens with zero attached hydrogens (tertiary/aromatic N) is 5. The van der Waals surface area contributed by atoms with E-state index < -0.39 is 54.1 Å². The summed E-state index contributed by atoms with van der Waals surface area (Å²) in [6.07, 6.45) is -3.35. The van der Waals surface area contributed by atoms with Crippen molar-refractivity contribution >= 4 is 11.6 Å². The van der Waals surface area contributed by atoms with Crippen molar-refractivity contribution in [3.8, 4) is 17.6 Å². The summed E-state index contributed by atoms with van der Waals surface area (Å²) in [5.74, 6) is -4.18. The number of alkyl halides is 3. The zero-order valence-electron chi connectivity index (χ0n) is 18.7. The Morgan fingerprint density at radius 1 is 1.26 bits per heavy atom. The SMILES string of the molecule is CCn1c(CO)nn(-c2nc(OCC(F)(F)F)c(C(=O)Nc3cc(C)cnc3OC)cc2F)c1=O. The molecule has 0 bridgehead atoms. The van der Waals surface area contributed by atoms with Gasteiger partial charge in [0, 0.05) is 12.7 Å². The second kappa shape index (κ2) is 10.1. The highest BCUT2D eigenvalue weighted by molar-refractivity contribution is 6.06. The van der Waals surface area contributed by atoms with E-state index in [9.17, 15) is 32.3 Å². The largest absolute Gasteiger partial charge is 0.480 e. The number of anilines is 1. The number of carbonyl (C=O) groups is 1. The summed E-state index contributed by atoms with van der Waals surface area (Å²) in [5.41, 5.74) is -0.906. The molecule has 11 nitrogen and oxygen atoms in total. The minimum atomic E-state index is -4.81. The summed E-state index contributed by atoms with van der Waals surface area (Å²) < 4.78 is 64.7. The molecule has 0 radical (unpaired) electrons. The Balaban J connectivity index is 2.11. The van der Waals surface area contributed by atoms with E-state index >= 15 is 0 Å². The van der Waals surface area contributed by atoms with Gasteiger partial charge in [0.1, 0.15) is 17.9 Å². The van der Waals surface area contributed by atoms with Crippen LogP contribution in [0.5, 0.6) is 11.8 Å². The van der Waals surface area contributed by atoms with E-state index in [0.717, 1.165) is 4.57 Å².